The van der Waals surface area contributed by atoms with Crippen LogP contribution in [0.3, 0.4) is 0 Å². The summed E-state index contributed by atoms with van der Waals surface area (Å²) >= 11 is 0. The van der Waals surface area contributed by atoms with Crippen molar-refractivity contribution >= 4 is 5.69 Å². The molecular formula is C11H17FN2O. The molecule has 0 aliphatic heterocycles. The van der Waals surface area contributed by atoms with Crippen LogP contribution in [-0.4, -0.2) is 38.4 Å². The summed E-state index contributed by atoms with van der Waals surface area (Å²) in [6.45, 7) is 0.600. The third-order valence-corrected chi connectivity index (χ3v) is 2.39. The van der Waals surface area contributed by atoms with Crippen molar-refractivity contribution in [2.75, 3.05) is 32.1 Å². The highest BCUT2D eigenvalue weighted by atomic mass is 19.1. The number of benzene rings is 1. The average molecular weight is 212 g/mol. The highest BCUT2D eigenvalue weighted by Gasteiger charge is 2.11. The number of aliphatic hydroxyl groups excluding tert-OH is 1. The zero-order valence-electron chi connectivity index (χ0n) is 9.07. The fourth-order valence-electron chi connectivity index (χ4n) is 1.43. The van der Waals surface area contributed by atoms with E-state index in [4.69, 9.17) is 5.11 Å². The normalized spacial score (nSPS) is 12.5. The van der Waals surface area contributed by atoms with E-state index in [1.807, 2.05) is 0 Å². The van der Waals surface area contributed by atoms with Crippen molar-refractivity contribution in [3.63, 3.8) is 0 Å². The lowest BCUT2D eigenvalue weighted by atomic mass is 10.2. The number of hydrogen-bond donors (Lipinski definition) is 2. The molecule has 15 heavy (non-hydrogen) atoms. The molecule has 0 aromatic heterocycles. The molecule has 1 aromatic rings. The van der Waals surface area contributed by atoms with Gasteiger partial charge in [-0.2, -0.15) is 0 Å². The first kappa shape index (κ1) is 11.9. The number of nitrogens with one attached hydrogen (secondary N) is 1. The third-order valence-electron chi connectivity index (χ3n) is 2.39. The molecule has 0 saturated carbocycles. The predicted molar refractivity (Wildman–Crippen MR) is 59.6 cm³/mol. The molecule has 0 saturated heterocycles. The monoisotopic (exact) mass is 212 g/mol. The maximum absolute atomic E-state index is 13.4. The van der Waals surface area contributed by atoms with Crippen LogP contribution in [-0.2, 0) is 0 Å². The Kier molecular flexibility index (Phi) is 4.52. The second-order valence-corrected chi connectivity index (χ2v) is 3.50. The van der Waals surface area contributed by atoms with Gasteiger partial charge in [-0.1, -0.05) is 12.1 Å². The van der Waals surface area contributed by atoms with Crippen molar-refractivity contribution in [2.24, 2.45) is 0 Å². The van der Waals surface area contributed by atoms with E-state index < -0.39 is 0 Å². The molecule has 0 heterocycles. The Bertz CT molecular complexity index is 302. The van der Waals surface area contributed by atoms with Gasteiger partial charge >= 0.3 is 0 Å². The summed E-state index contributed by atoms with van der Waals surface area (Å²) in [4.78, 5) is 1.78. The third kappa shape index (κ3) is 3.18. The molecule has 4 heteroatoms. The zero-order chi connectivity index (χ0) is 11.3. The van der Waals surface area contributed by atoms with Gasteiger partial charge in [0, 0.05) is 19.6 Å². The van der Waals surface area contributed by atoms with E-state index in [1.165, 1.54) is 6.07 Å². The molecule has 0 amide bonds. The Morgan fingerprint density at radius 2 is 2.13 bits per heavy atom. The number of nitrogens with zero attached hydrogens (tertiary/aromatic N) is 1. The van der Waals surface area contributed by atoms with Crippen LogP contribution in [0.25, 0.3) is 0 Å². The van der Waals surface area contributed by atoms with Crippen LogP contribution in [0.1, 0.15) is 0 Å². The molecule has 0 radical (unpaired) electrons. The predicted octanol–water partition coefficient (Wildman–Crippen LogP) is 0.842. The largest absolute Gasteiger partial charge is 0.395 e. The van der Waals surface area contributed by atoms with Crippen LogP contribution in [0, 0.1) is 5.82 Å². The van der Waals surface area contributed by atoms with Crippen molar-refractivity contribution in [2.45, 2.75) is 6.04 Å². The minimum atomic E-state index is -0.243. The quantitative estimate of drug-likeness (QED) is 0.759. The lowest BCUT2D eigenvalue weighted by Crippen LogP contribution is -2.40. The van der Waals surface area contributed by atoms with E-state index in [0.29, 0.717) is 12.2 Å². The van der Waals surface area contributed by atoms with Crippen LogP contribution < -0.4 is 10.2 Å². The van der Waals surface area contributed by atoms with Gasteiger partial charge in [0.25, 0.3) is 0 Å². The molecule has 1 aromatic carbocycles. The Morgan fingerprint density at radius 1 is 1.47 bits per heavy atom. The van der Waals surface area contributed by atoms with E-state index in [9.17, 15) is 4.39 Å². The van der Waals surface area contributed by atoms with Crippen LogP contribution in [0.5, 0.6) is 0 Å². The minimum Gasteiger partial charge on any atom is -0.395 e. The first-order chi connectivity index (χ1) is 7.19. The maximum Gasteiger partial charge on any atom is 0.146 e. The van der Waals surface area contributed by atoms with Crippen molar-refractivity contribution in [1.82, 2.24) is 5.32 Å². The molecular weight excluding hydrogens is 195 g/mol. The molecule has 0 aliphatic carbocycles. The van der Waals surface area contributed by atoms with Gasteiger partial charge in [0.1, 0.15) is 5.82 Å². The molecule has 0 spiro atoms. The summed E-state index contributed by atoms with van der Waals surface area (Å²) in [5.74, 6) is -0.243. The summed E-state index contributed by atoms with van der Waals surface area (Å²) in [5.41, 5.74) is 0.547. The smallest absolute Gasteiger partial charge is 0.146 e. The van der Waals surface area contributed by atoms with Crippen LogP contribution in [0.4, 0.5) is 10.1 Å². The Hall–Kier alpha value is -1.13. The molecule has 2 N–H and O–H groups in total. The van der Waals surface area contributed by atoms with Crippen LogP contribution in [0.2, 0.25) is 0 Å². The maximum atomic E-state index is 13.4. The Morgan fingerprint density at radius 3 is 2.67 bits per heavy atom. The fraction of sp³-hybridized carbons (Fsp3) is 0.455. The summed E-state index contributed by atoms with van der Waals surface area (Å²) in [7, 11) is 3.58. The number of para-hydroxylation sites is 1. The van der Waals surface area contributed by atoms with E-state index in [0.717, 1.165) is 0 Å². The van der Waals surface area contributed by atoms with Crippen molar-refractivity contribution < 1.29 is 9.50 Å². The van der Waals surface area contributed by atoms with Gasteiger partial charge in [0.2, 0.25) is 0 Å². The van der Waals surface area contributed by atoms with Crippen LogP contribution in [0.15, 0.2) is 24.3 Å². The number of halogens is 1. The molecule has 1 rings (SSSR count). The number of anilines is 1. The summed E-state index contributed by atoms with van der Waals surface area (Å²) in [5, 5.41) is 12.0. The first-order valence-electron chi connectivity index (χ1n) is 4.92. The SMILES string of the molecule is CNC(CO)CN(C)c1ccccc1F. The molecule has 1 atom stereocenters. The van der Waals surface area contributed by atoms with Gasteiger partial charge in [-0.05, 0) is 19.2 Å². The molecule has 84 valence electrons. The van der Waals surface area contributed by atoms with Gasteiger partial charge in [-0.25, -0.2) is 4.39 Å². The van der Waals surface area contributed by atoms with Crippen molar-refractivity contribution in [3.8, 4) is 0 Å². The standard InChI is InChI=1S/C11H17FN2O/c1-13-9(8-15)7-14(2)11-6-4-3-5-10(11)12/h3-6,9,13,15H,7-8H2,1-2H3. The van der Waals surface area contributed by atoms with Crippen molar-refractivity contribution in [1.29, 1.82) is 0 Å². The molecule has 0 fully saturated rings. The fourth-order valence-corrected chi connectivity index (χ4v) is 1.43. The first-order valence-corrected chi connectivity index (χ1v) is 4.92. The highest BCUT2D eigenvalue weighted by Crippen LogP contribution is 2.16. The van der Waals surface area contributed by atoms with E-state index in [1.54, 1.807) is 37.2 Å². The second-order valence-electron chi connectivity index (χ2n) is 3.50. The number of likely N-dealkylation sites (N-methyl/N-ethyl adjacent to an activating group) is 2. The minimum absolute atomic E-state index is 0.0370. The van der Waals surface area contributed by atoms with Gasteiger partial charge in [0.05, 0.1) is 12.3 Å². The summed E-state index contributed by atoms with van der Waals surface area (Å²) in [6, 6.07) is 6.56. The van der Waals surface area contributed by atoms with Gasteiger partial charge in [-0.3, -0.25) is 0 Å². The van der Waals surface area contributed by atoms with E-state index >= 15 is 0 Å². The Labute approximate surface area is 89.5 Å². The van der Waals surface area contributed by atoms with Gasteiger partial charge in [0.15, 0.2) is 0 Å². The van der Waals surface area contributed by atoms with Gasteiger partial charge < -0.3 is 15.3 Å². The summed E-state index contributed by atoms with van der Waals surface area (Å²) in [6.07, 6.45) is 0. The molecule has 0 aliphatic rings. The Balaban J connectivity index is 2.68. The number of aliphatic hydroxyl groups is 1. The molecule has 0 bridgehead atoms. The van der Waals surface area contributed by atoms with E-state index in [-0.39, 0.29) is 18.5 Å². The topological polar surface area (TPSA) is 35.5 Å². The van der Waals surface area contributed by atoms with Crippen molar-refractivity contribution in [3.05, 3.63) is 30.1 Å². The summed E-state index contributed by atoms with van der Waals surface area (Å²) < 4.78 is 13.4. The molecule has 1 unspecified atom stereocenters. The van der Waals surface area contributed by atoms with E-state index in [2.05, 4.69) is 5.32 Å². The zero-order valence-corrected chi connectivity index (χ0v) is 9.07. The lowest BCUT2D eigenvalue weighted by Gasteiger charge is -2.24. The van der Waals surface area contributed by atoms with Gasteiger partial charge in [-0.15, -0.1) is 0 Å². The van der Waals surface area contributed by atoms with Crippen LogP contribution >= 0.6 is 0 Å². The second kappa shape index (κ2) is 5.68. The number of hydrogen-bond acceptors (Lipinski definition) is 3. The molecule has 3 nitrogen and oxygen atoms in total. The number of rotatable bonds is 5. The average Bonchev–Trinajstić information content (AvgIpc) is 2.26. The highest BCUT2D eigenvalue weighted by molar-refractivity contribution is 5.46. The lowest BCUT2D eigenvalue weighted by molar-refractivity contribution is 0.250.